The van der Waals surface area contributed by atoms with Crippen molar-refractivity contribution in [1.29, 1.82) is 0 Å². The number of anilines is 1. The third-order valence-corrected chi connectivity index (χ3v) is 5.31. The largest absolute Gasteiger partial charge is 0.433 e. The van der Waals surface area contributed by atoms with Crippen LogP contribution in [0.2, 0.25) is 5.02 Å². The second kappa shape index (κ2) is 9.02. The third-order valence-electron chi connectivity index (χ3n) is 4.98. The smallest absolute Gasteiger partial charge is 0.338 e. The number of aryl methyl sites for hydroxylation is 1. The standard InChI is InChI=1S/C23H16ClF5N4O/c1-2-3-17-13(5-7-19(31-17)23(27,28)29)22(34)30-12-4-6-15(24)14(10-12)21-32-18-9-11(25)8-16(26)20(18)33-21/h4-10H,2-3H2,1H3,(H,30,34)(H,32,33). The molecule has 2 heterocycles. The molecule has 2 aromatic carbocycles. The lowest BCUT2D eigenvalue weighted by atomic mass is 10.1. The van der Waals surface area contributed by atoms with Crippen molar-refractivity contribution in [3.63, 3.8) is 0 Å². The van der Waals surface area contributed by atoms with Gasteiger partial charge in [-0.25, -0.2) is 18.7 Å². The second-order valence-electron chi connectivity index (χ2n) is 7.46. The lowest BCUT2D eigenvalue weighted by Gasteiger charge is -2.13. The maximum absolute atomic E-state index is 14.0. The van der Waals surface area contributed by atoms with E-state index in [1.165, 1.54) is 18.2 Å². The topological polar surface area (TPSA) is 70.7 Å². The average molecular weight is 495 g/mol. The Morgan fingerprint density at radius 3 is 2.56 bits per heavy atom. The summed E-state index contributed by atoms with van der Waals surface area (Å²) < 4.78 is 66.6. The first kappa shape index (κ1) is 23.6. The number of nitrogens with zero attached hydrogens (tertiary/aromatic N) is 2. The maximum Gasteiger partial charge on any atom is 0.433 e. The zero-order valence-corrected chi connectivity index (χ0v) is 18.3. The number of rotatable bonds is 5. The number of carbonyl (C=O) groups excluding carboxylic acids is 1. The molecule has 11 heteroatoms. The Kier molecular flexibility index (Phi) is 6.26. The minimum absolute atomic E-state index is 0.00707. The molecule has 0 unspecified atom stereocenters. The minimum Gasteiger partial charge on any atom is -0.338 e. The molecule has 176 valence electrons. The molecule has 0 saturated heterocycles. The van der Waals surface area contributed by atoms with E-state index in [1.807, 2.05) is 0 Å². The van der Waals surface area contributed by atoms with Crippen molar-refractivity contribution in [3.8, 4) is 11.4 Å². The van der Waals surface area contributed by atoms with Crippen LogP contribution in [0.25, 0.3) is 22.4 Å². The molecule has 0 saturated carbocycles. The number of H-pyrrole nitrogens is 1. The molecule has 0 aliphatic rings. The van der Waals surface area contributed by atoms with Gasteiger partial charge in [0.05, 0.1) is 21.8 Å². The molecule has 0 atom stereocenters. The van der Waals surface area contributed by atoms with Gasteiger partial charge in [-0.05, 0) is 42.8 Å². The fourth-order valence-corrected chi connectivity index (χ4v) is 3.65. The van der Waals surface area contributed by atoms with Gasteiger partial charge >= 0.3 is 6.18 Å². The highest BCUT2D eigenvalue weighted by Crippen LogP contribution is 2.32. The third kappa shape index (κ3) is 4.72. The number of hydrogen-bond acceptors (Lipinski definition) is 3. The molecule has 0 bridgehead atoms. The van der Waals surface area contributed by atoms with Crippen molar-refractivity contribution < 1.29 is 26.7 Å². The van der Waals surface area contributed by atoms with Gasteiger partial charge in [-0.1, -0.05) is 24.9 Å². The van der Waals surface area contributed by atoms with Gasteiger partial charge in [-0.2, -0.15) is 13.2 Å². The van der Waals surface area contributed by atoms with E-state index in [-0.39, 0.29) is 45.2 Å². The first-order valence-corrected chi connectivity index (χ1v) is 10.5. The highest BCUT2D eigenvalue weighted by Gasteiger charge is 2.33. The number of hydrogen-bond donors (Lipinski definition) is 2. The van der Waals surface area contributed by atoms with Crippen LogP contribution in [0.5, 0.6) is 0 Å². The zero-order chi connectivity index (χ0) is 24.6. The number of pyridine rings is 1. The number of fused-ring (bicyclic) bond motifs is 1. The van der Waals surface area contributed by atoms with Crippen molar-refractivity contribution >= 4 is 34.2 Å². The Balaban J connectivity index is 1.67. The summed E-state index contributed by atoms with van der Waals surface area (Å²) in [5.74, 6) is -2.14. The molecule has 0 fully saturated rings. The Labute approximate surface area is 195 Å². The fraction of sp³-hybridized carbons (Fsp3) is 0.174. The second-order valence-corrected chi connectivity index (χ2v) is 7.86. The Morgan fingerprint density at radius 1 is 1.09 bits per heavy atom. The Hall–Kier alpha value is -3.53. The molecule has 2 aromatic heterocycles. The monoisotopic (exact) mass is 494 g/mol. The molecule has 5 nitrogen and oxygen atoms in total. The van der Waals surface area contributed by atoms with Crippen molar-refractivity contribution in [3.05, 3.63) is 76.1 Å². The van der Waals surface area contributed by atoms with Gasteiger partial charge in [0, 0.05) is 17.3 Å². The highest BCUT2D eigenvalue weighted by atomic mass is 35.5. The van der Waals surface area contributed by atoms with Gasteiger partial charge in [0.2, 0.25) is 0 Å². The van der Waals surface area contributed by atoms with E-state index in [9.17, 15) is 26.7 Å². The molecule has 0 aliphatic carbocycles. The van der Waals surface area contributed by atoms with E-state index in [0.29, 0.717) is 18.1 Å². The molecule has 0 spiro atoms. The maximum atomic E-state index is 14.0. The summed E-state index contributed by atoms with van der Waals surface area (Å²) >= 11 is 6.25. The van der Waals surface area contributed by atoms with Gasteiger partial charge in [-0.3, -0.25) is 4.79 Å². The van der Waals surface area contributed by atoms with Crippen LogP contribution < -0.4 is 5.32 Å². The predicted molar refractivity (Wildman–Crippen MR) is 118 cm³/mol. The molecular formula is C23H16ClF5N4O. The number of amides is 1. The van der Waals surface area contributed by atoms with Crippen LogP contribution in [0.15, 0.2) is 42.5 Å². The summed E-state index contributed by atoms with van der Waals surface area (Å²) in [5, 5.41) is 2.84. The summed E-state index contributed by atoms with van der Waals surface area (Å²) in [6.45, 7) is 1.76. The molecule has 34 heavy (non-hydrogen) atoms. The number of nitrogens with one attached hydrogen (secondary N) is 2. The summed E-state index contributed by atoms with van der Waals surface area (Å²) in [6, 6.07) is 8.05. The number of benzene rings is 2. The lowest BCUT2D eigenvalue weighted by molar-refractivity contribution is -0.141. The van der Waals surface area contributed by atoms with Crippen LogP contribution in [-0.4, -0.2) is 20.9 Å². The van der Waals surface area contributed by atoms with E-state index in [4.69, 9.17) is 11.6 Å². The first-order chi connectivity index (χ1) is 16.1. The Bertz CT molecular complexity index is 1400. The van der Waals surface area contributed by atoms with Crippen molar-refractivity contribution in [2.75, 3.05) is 5.32 Å². The number of alkyl halides is 3. The van der Waals surface area contributed by atoms with E-state index < -0.39 is 29.4 Å². The SMILES string of the molecule is CCCc1nc(C(F)(F)F)ccc1C(=O)Nc1ccc(Cl)c(-c2nc3c(F)cc(F)cc3[nH]2)c1. The number of aromatic amines is 1. The number of aromatic nitrogens is 3. The van der Waals surface area contributed by atoms with E-state index in [1.54, 1.807) is 6.92 Å². The van der Waals surface area contributed by atoms with Gasteiger partial charge in [0.1, 0.15) is 22.9 Å². The van der Waals surface area contributed by atoms with Crippen molar-refractivity contribution in [2.24, 2.45) is 0 Å². The summed E-state index contributed by atoms with van der Waals surface area (Å²) in [4.78, 5) is 23.4. The zero-order valence-electron chi connectivity index (χ0n) is 17.5. The van der Waals surface area contributed by atoms with Gasteiger partial charge in [0.25, 0.3) is 5.91 Å². The van der Waals surface area contributed by atoms with Gasteiger partial charge in [-0.15, -0.1) is 0 Å². The van der Waals surface area contributed by atoms with E-state index >= 15 is 0 Å². The quantitative estimate of drug-likeness (QED) is 0.300. The predicted octanol–water partition coefficient (Wildman–Crippen LogP) is 6.78. The van der Waals surface area contributed by atoms with Crippen LogP contribution in [0.1, 0.15) is 35.1 Å². The highest BCUT2D eigenvalue weighted by molar-refractivity contribution is 6.33. The van der Waals surface area contributed by atoms with Crippen LogP contribution in [0.3, 0.4) is 0 Å². The average Bonchev–Trinajstić information content (AvgIpc) is 3.18. The summed E-state index contributed by atoms with van der Waals surface area (Å²) in [6.07, 6.45) is -3.96. The van der Waals surface area contributed by atoms with Crippen LogP contribution >= 0.6 is 11.6 Å². The molecular weight excluding hydrogens is 479 g/mol. The molecule has 4 aromatic rings. The fourth-order valence-electron chi connectivity index (χ4n) is 3.45. The number of carbonyl (C=O) groups is 1. The molecule has 0 radical (unpaired) electrons. The number of imidazole rings is 1. The van der Waals surface area contributed by atoms with Crippen LogP contribution in [0.4, 0.5) is 27.6 Å². The molecule has 4 rings (SSSR count). The summed E-state index contributed by atoms with van der Waals surface area (Å²) in [5.41, 5.74) is -0.435. The van der Waals surface area contributed by atoms with Crippen LogP contribution in [0, 0.1) is 11.6 Å². The summed E-state index contributed by atoms with van der Waals surface area (Å²) in [7, 11) is 0. The first-order valence-electron chi connectivity index (χ1n) is 10.1. The van der Waals surface area contributed by atoms with Crippen molar-refractivity contribution in [2.45, 2.75) is 25.9 Å². The van der Waals surface area contributed by atoms with E-state index in [0.717, 1.165) is 18.2 Å². The van der Waals surface area contributed by atoms with Gasteiger partial charge < -0.3 is 10.3 Å². The number of halogens is 6. The molecule has 0 aliphatic heterocycles. The Morgan fingerprint density at radius 2 is 1.85 bits per heavy atom. The van der Waals surface area contributed by atoms with Crippen LogP contribution in [-0.2, 0) is 12.6 Å². The minimum atomic E-state index is -4.63. The normalized spacial score (nSPS) is 11.7. The molecule has 1 amide bonds. The molecule has 2 N–H and O–H groups in total. The van der Waals surface area contributed by atoms with Crippen molar-refractivity contribution in [1.82, 2.24) is 15.0 Å². The van der Waals surface area contributed by atoms with Gasteiger partial charge in [0.15, 0.2) is 5.82 Å². The lowest BCUT2D eigenvalue weighted by Crippen LogP contribution is -2.18. The van der Waals surface area contributed by atoms with E-state index in [2.05, 4.69) is 20.3 Å².